The van der Waals surface area contributed by atoms with Gasteiger partial charge in [-0.25, -0.2) is 4.79 Å². The fourth-order valence-corrected chi connectivity index (χ4v) is 3.16. The lowest BCUT2D eigenvalue weighted by Gasteiger charge is -2.35. The molecule has 0 fully saturated rings. The highest BCUT2D eigenvalue weighted by atomic mass is 16.4. The van der Waals surface area contributed by atoms with E-state index >= 15 is 0 Å². The summed E-state index contributed by atoms with van der Waals surface area (Å²) >= 11 is 0. The Morgan fingerprint density at radius 2 is 1.57 bits per heavy atom. The molecule has 4 heteroatoms. The summed E-state index contributed by atoms with van der Waals surface area (Å²) in [5.74, 6) is -2.17. The highest BCUT2D eigenvalue weighted by Crippen LogP contribution is 2.42. The third-order valence-corrected chi connectivity index (χ3v) is 4.63. The Labute approximate surface area is 135 Å². The normalized spacial score (nSPS) is 14.7. The van der Waals surface area contributed by atoms with Crippen molar-refractivity contribution in [1.82, 2.24) is 0 Å². The minimum absolute atomic E-state index is 0.150. The number of aromatic carboxylic acids is 1. The van der Waals surface area contributed by atoms with Gasteiger partial charge in [-0.1, -0.05) is 56.3 Å². The standard InChI is InChI=1S/C19H20O4/c1-3-19(18(22)23,13(2)14-7-5-4-6-8-14)16-11-9-15(10-12-16)17(20)21/h4-13H,3H2,1-2H3,(H,20,21)(H,22,23). The maximum atomic E-state index is 12.2. The average Bonchev–Trinajstić information content (AvgIpc) is 2.57. The van der Waals surface area contributed by atoms with E-state index in [0.29, 0.717) is 12.0 Å². The van der Waals surface area contributed by atoms with E-state index in [2.05, 4.69) is 0 Å². The summed E-state index contributed by atoms with van der Waals surface area (Å²) in [7, 11) is 0. The maximum absolute atomic E-state index is 12.2. The zero-order valence-electron chi connectivity index (χ0n) is 13.2. The van der Waals surface area contributed by atoms with Crippen molar-refractivity contribution in [2.75, 3.05) is 0 Å². The molecule has 0 radical (unpaired) electrons. The van der Waals surface area contributed by atoms with Gasteiger partial charge in [0, 0.05) is 5.92 Å². The van der Waals surface area contributed by atoms with E-state index in [1.54, 1.807) is 12.1 Å². The number of rotatable bonds is 6. The van der Waals surface area contributed by atoms with Crippen LogP contribution in [0.3, 0.4) is 0 Å². The molecule has 0 aliphatic rings. The zero-order valence-corrected chi connectivity index (χ0v) is 13.2. The molecule has 0 aliphatic heterocycles. The van der Waals surface area contributed by atoms with Crippen LogP contribution in [0.15, 0.2) is 54.6 Å². The lowest BCUT2D eigenvalue weighted by atomic mass is 9.66. The number of carboxylic acids is 2. The summed E-state index contributed by atoms with van der Waals surface area (Å²) in [4.78, 5) is 23.2. The zero-order chi connectivity index (χ0) is 17.0. The largest absolute Gasteiger partial charge is 0.481 e. The Morgan fingerprint density at radius 1 is 1.00 bits per heavy atom. The summed E-state index contributed by atoms with van der Waals surface area (Å²) in [6, 6.07) is 15.7. The van der Waals surface area contributed by atoms with Crippen molar-refractivity contribution < 1.29 is 19.8 Å². The van der Waals surface area contributed by atoms with Gasteiger partial charge in [-0.3, -0.25) is 4.79 Å². The Hall–Kier alpha value is -2.62. The molecule has 2 atom stereocenters. The lowest BCUT2D eigenvalue weighted by molar-refractivity contribution is -0.145. The van der Waals surface area contributed by atoms with Crippen molar-refractivity contribution in [3.63, 3.8) is 0 Å². The van der Waals surface area contributed by atoms with Crippen LogP contribution in [0.5, 0.6) is 0 Å². The van der Waals surface area contributed by atoms with Gasteiger partial charge >= 0.3 is 11.9 Å². The van der Waals surface area contributed by atoms with E-state index in [1.807, 2.05) is 44.2 Å². The predicted octanol–water partition coefficient (Wildman–Crippen LogP) is 3.92. The molecular formula is C19H20O4. The van der Waals surface area contributed by atoms with Crippen LogP contribution in [-0.4, -0.2) is 22.2 Å². The van der Waals surface area contributed by atoms with Crippen molar-refractivity contribution in [3.8, 4) is 0 Å². The smallest absolute Gasteiger partial charge is 0.335 e. The van der Waals surface area contributed by atoms with Gasteiger partial charge in [0.15, 0.2) is 0 Å². The SMILES string of the molecule is CCC(C(=O)O)(c1ccc(C(=O)O)cc1)C(C)c1ccccc1. The van der Waals surface area contributed by atoms with Crippen LogP contribution in [0.4, 0.5) is 0 Å². The quantitative estimate of drug-likeness (QED) is 0.847. The highest BCUT2D eigenvalue weighted by molar-refractivity contribution is 5.88. The van der Waals surface area contributed by atoms with Crippen LogP contribution in [-0.2, 0) is 10.2 Å². The molecule has 23 heavy (non-hydrogen) atoms. The molecule has 0 saturated heterocycles. The van der Waals surface area contributed by atoms with Crippen molar-refractivity contribution in [3.05, 3.63) is 71.3 Å². The number of carbonyl (C=O) groups is 2. The van der Waals surface area contributed by atoms with Crippen molar-refractivity contribution >= 4 is 11.9 Å². The second-order valence-electron chi connectivity index (χ2n) is 5.64. The first-order valence-electron chi connectivity index (χ1n) is 7.55. The number of benzene rings is 2. The number of carboxylic acid groups (broad SMARTS) is 2. The first-order chi connectivity index (χ1) is 10.9. The summed E-state index contributed by atoms with van der Waals surface area (Å²) in [5, 5.41) is 19.0. The van der Waals surface area contributed by atoms with Crippen molar-refractivity contribution in [2.24, 2.45) is 0 Å². The second-order valence-corrected chi connectivity index (χ2v) is 5.64. The molecule has 2 aromatic carbocycles. The van der Waals surface area contributed by atoms with Gasteiger partial charge in [0.05, 0.1) is 11.0 Å². The second kappa shape index (κ2) is 6.65. The molecular weight excluding hydrogens is 292 g/mol. The number of aliphatic carboxylic acids is 1. The Balaban J connectivity index is 2.55. The molecule has 0 heterocycles. The van der Waals surface area contributed by atoms with Gasteiger partial charge < -0.3 is 10.2 Å². The van der Waals surface area contributed by atoms with Gasteiger partial charge in [0.1, 0.15) is 0 Å². The molecule has 0 aromatic heterocycles. The van der Waals surface area contributed by atoms with Crippen LogP contribution in [0.2, 0.25) is 0 Å². The summed E-state index contributed by atoms with van der Waals surface area (Å²) in [6.45, 7) is 3.75. The average molecular weight is 312 g/mol. The summed E-state index contributed by atoms with van der Waals surface area (Å²) in [5.41, 5.74) is 0.614. The van der Waals surface area contributed by atoms with Gasteiger partial charge in [-0.2, -0.15) is 0 Å². The molecule has 0 amide bonds. The minimum atomic E-state index is -1.10. The monoisotopic (exact) mass is 312 g/mol. The molecule has 0 aliphatic carbocycles. The number of hydrogen-bond donors (Lipinski definition) is 2. The summed E-state index contributed by atoms with van der Waals surface area (Å²) in [6.07, 6.45) is 0.408. The molecule has 2 rings (SSSR count). The predicted molar refractivity (Wildman–Crippen MR) is 87.9 cm³/mol. The van der Waals surface area contributed by atoms with Crippen molar-refractivity contribution in [2.45, 2.75) is 31.6 Å². The van der Waals surface area contributed by atoms with Gasteiger partial charge in [-0.05, 0) is 29.7 Å². The summed E-state index contributed by atoms with van der Waals surface area (Å²) < 4.78 is 0. The molecule has 4 nitrogen and oxygen atoms in total. The van der Waals surface area contributed by atoms with Gasteiger partial charge in [0.25, 0.3) is 0 Å². The minimum Gasteiger partial charge on any atom is -0.481 e. The van der Waals surface area contributed by atoms with E-state index in [-0.39, 0.29) is 11.5 Å². The van der Waals surface area contributed by atoms with Gasteiger partial charge in [-0.15, -0.1) is 0 Å². The Kier molecular flexibility index (Phi) is 4.84. The first kappa shape index (κ1) is 16.7. The van der Waals surface area contributed by atoms with Crippen molar-refractivity contribution in [1.29, 1.82) is 0 Å². The van der Waals surface area contributed by atoms with E-state index < -0.39 is 17.4 Å². The van der Waals surface area contributed by atoms with E-state index in [1.165, 1.54) is 12.1 Å². The van der Waals surface area contributed by atoms with Gasteiger partial charge in [0.2, 0.25) is 0 Å². The molecule has 0 bridgehead atoms. The topological polar surface area (TPSA) is 74.6 Å². The Bertz CT molecular complexity index is 691. The number of hydrogen-bond acceptors (Lipinski definition) is 2. The Morgan fingerprint density at radius 3 is 2.00 bits per heavy atom. The van der Waals surface area contributed by atoms with E-state index in [4.69, 9.17) is 5.11 Å². The van der Waals surface area contributed by atoms with Crippen LogP contribution in [0.25, 0.3) is 0 Å². The molecule has 2 N–H and O–H groups in total. The molecule has 120 valence electrons. The van der Waals surface area contributed by atoms with Crippen LogP contribution >= 0.6 is 0 Å². The highest BCUT2D eigenvalue weighted by Gasteiger charge is 2.44. The maximum Gasteiger partial charge on any atom is 0.335 e. The lowest BCUT2D eigenvalue weighted by Crippen LogP contribution is -2.40. The van der Waals surface area contributed by atoms with Crippen LogP contribution in [0, 0.1) is 0 Å². The molecule has 0 saturated carbocycles. The molecule has 2 unspecified atom stereocenters. The van der Waals surface area contributed by atoms with Crippen LogP contribution < -0.4 is 0 Å². The fraction of sp³-hybridized carbons (Fsp3) is 0.263. The van der Waals surface area contributed by atoms with E-state index in [0.717, 1.165) is 5.56 Å². The third kappa shape index (κ3) is 2.97. The van der Waals surface area contributed by atoms with Crippen LogP contribution in [0.1, 0.15) is 47.7 Å². The third-order valence-electron chi connectivity index (χ3n) is 4.63. The van der Waals surface area contributed by atoms with E-state index in [9.17, 15) is 14.7 Å². The molecule has 2 aromatic rings. The molecule has 0 spiro atoms. The fourth-order valence-electron chi connectivity index (χ4n) is 3.16. The first-order valence-corrected chi connectivity index (χ1v) is 7.55.